The molecule has 1 aliphatic carbocycles. The minimum absolute atomic E-state index is 0.00125. The predicted molar refractivity (Wildman–Crippen MR) is 47.2 cm³/mol. The van der Waals surface area contributed by atoms with Gasteiger partial charge in [0.2, 0.25) is 0 Å². The molecule has 2 atom stereocenters. The molecular weight excluding hydrogens is 170 g/mol. The van der Waals surface area contributed by atoms with Gasteiger partial charge in [-0.2, -0.15) is 0 Å². The fraction of sp³-hybridized carbons (Fsp3) is 0.778. The number of nitrogens with two attached hydrogens (primary N) is 1. The van der Waals surface area contributed by atoms with E-state index in [1.54, 1.807) is 0 Å². The van der Waals surface area contributed by atoms with E-state index >= 15 is 0 Å². The van der Waals surface area contributed by atoms with Gasteiger partial charge in [-0.15, -0.1) is 0 Å². The number of aliphatic carboxylic acids is 1. The molecule has 0 aromatic carbocycles. The van der Waals surface area contributed by atoms with Crippen molar-refractivity contribution in [1.29, 1.82) is 0 Å². The summed E-state index contributed by atoms with van der Waals surface area (Å²) in [6, 6.07) is 0. The monoisotopic (exact) mass is 185 g/mol. The van der Waals surface area contributed by atoms with Gasteiger partial charge in [0.1, 0.15) is 11.3 Å². The van der Waals surface area contributed by atoms with E-state index in [4.69, 9.17) is 10.8 Å². The van der Waals surface area contributed by atoms with Gasteiger partial charge in [-0.1, -0.05) is 6.42 Å². The molecule has 13 heavy (non-hydrogen) atoms. The molecule has 1 unspecified atom stereocenters. The normalized spacial score (nSPS) is 28.2. The van der Waals surface area contributed by atoms with Crippen LogP contribution in [0.2, 0.25) is 0 Å². The van der Waals surface area contributed by atoms with Crippen molar-refractivity contribution < 1.29 is 14.7 Å². The number of rotatable bonds is 2. The number of Topliss-reactive ketones (excluding diaryl/α,β-unsaturated/α-hetero) is 1. The zero-order valence-electron chi connectivity index (χ0n) is 7.75. The second kappa shape index (κ2) is 3.46. The Morgan fingerprint density at radius 2 is 2.23 bits per heavy atom. The first-order chi connectivity index (χ1) is 5.96. The van der Waals surface area contributed by atoms with E-state index in [1.807, 2.05) is 0 Å². The predicted octanol–water partition coefficient (Wildman–Crippen LogP) is 0.548. The highest BCUT2D eigenvalue weighted by Gasteiger charge is 2.42. The largest absolute Gasteiger partial charge is 0.480 e. The van der Waals surface area contributed by atoms with Crippen molar-refractivity contribution in [2.45, 2.75) is 38.1 Å². The molecule has 0 radical (unpaired) electrons. The lowest BCUT2D eigenvalue weighted by Crippen LogP contribution is -2.54. The first-order valence-corrected chi connectivity index (χ1v) is 4.51. The van der Waals surface area contributed by atoms with Crippen molar-refractivity contribution >= 4 is 11.8 Å². The highest BCUT2D eigenvalue weighted by atomic mass is 16.4. The highest BCUT2D eigenvalue weighted by Crippen LogP contribution is 2.28. The Bertz CT molecular complexity index is 235. The molecule has 1 rings (SSSR count). The molecule has 4 nitrogen and oxygen atoms in total. The molecule has 1 fully saturated rings. The summed E-state index contributed by atoms with van der Waals surface area (Å²) in [6.07, 6.45) is 2.85. The summed E-state index contributed by atoms with van der Waals surface area (Å²) in [6.45, 7) is 1.42. The third-order valence-electron chi connectivity index (χ3n) is 2.74. The number of carboxylic acid groups (broad SMARTS) is 1. The van der Waals surface area contributed by atoms with Gasteiger partial charge in [-0.3, -0.25) is 9.59 Å². The van der Waals surface area contributed by atoms with Crippen LogP contribution in [0.5, 0.6) is 0 Å². The smallest absolute Gasteiger partial charge is 0.324 e. The lowest BCUT2D eigenvalue weighted by Gasteiger charge is -2.31. The van der Waals surface area contributed by atoms with Crippen molar-refractivity contribution in [3.05, 3.63) is 0 Å². The quantitative estimate of drug-likeness (QED) is 0.658. The van der Waals surface area contributed by atoms with E-state index in [9.17, 15) is 9.59 Å². The second-order valence-corrected chi connectivity index (χ2v) is 3.85. The lowest BCUT2D eigenvalue weighted by molar-refractivity contribution is -0.148. The summed E-state index contributed by atoms with van der Waals surface area (Å²) in [5.41, 5.74) is 4.21. The maximum atomic E-state index is 11.4. The molecule has 4 heteroatoms. The van der Waals surface area contributed by atoms with Gasteiger partial charge in [0.25, 0.3) is 0 Å². The molecule has 0 saturated heterocycles. The van der Waals surface area contributed by atoms with Crippen LogP contribution in [-0.4, -0.2) is 22.4 Å². The topological polar surface area (TPSA) is 80.4 Å². The maximum absolute atomic E-state index is 11.4. The van der Waals surface area contributed by atoms with Crippen LogP contribution in [0.25, 0.3) is 0 Å². The van der Waals surface area contributed by atoms with Crippen molar-refractivity contribution in [2.75, 3.05) is 0 Å². The molecule has 0 spiro atoms. The summed E-state index contributed by atoms with van der Waals surface area (Å²) < 4.78 is 0. The Morgan fingerprint density at radius 3 is 2.69 bits per heavy atom. The van der Waals surface area contributed by atoms with Gasteiger partial charge in [-0.05, 0) is 19.8 Å². The van der Waals surface area contributed by atoms with Gasteiger partial charge < -0.3 is 10.8 Å². The Balaban J connectivity index is 2.79. The Morgan fingerprint density at radius 1 is 1.62 bits per heavy atom. The number of ketones is 1. The lowest BCUT2D eigenvalue weighted by atomic mass is 9.75. The van der Waals surface area contributed by atoms with Crippen LogP contribution >= 0.6 is 0 Å². The van der Waals surface area contributed by atoms with E-state index in [0.717, 1.165) is 12.8 Å². The van der Waals surface area contributed by atoms with Crippen LogP contribution in [0.3, 0.4) is 0 Å². The first kappa shape index (κ1) is 10.2. The molecule has 0 aromatic rings. The number of carbonyl (C=O) groups is 2. The summed E-state index contributed by atoms with van der Waals surface area (Å²) in [5.74, 6) is -1.59. The maximum Gasteiger partial charge on any atom is 0.324 e. The van der Waals surface area contributed by atoms with Crippen LogP contribution < -0.4 is 5.73 Å². The van der Waals surface area contributed by atoms with E-state index < -0.39 is 17.4 Å². The van der Waals surface area contributed by atoms with Crippen LogP contribution in [-0.2, 0) is 9.59 Å². The van der Waals surface area contributed by atoms with Crippen molar-refractivity contribution in [3.8, 4) is 0 Å². The molecule has 0 aliphatic heterocycles. The van der Waals surface area contributed by atoms with Crippen LogP contribution in [0.1, 0.15) is 32.6 Å². The van der Waals surface area contributed by atoms with E-state index in [1.165, 1.54) is 6.92 Å². The van der Waals surface area contributed by atoms with E-state index in [2.05, 4.69) is 0 Å². The summed E-state index contributed by atoms with van der Waals surface area (Å²) >= 11 is 0. The zero-order chi connectivity index (χ0) is 10.1. The number of carboxylic acids is 1. The Kier molecular flexibility index (Phi) is 2.71. The van der Waals surface area contributed by atoms with Gasteiger partial charge in [0.15, 0.2) is 0 Å². The van der Waals surface area contributed by atoms with Crippen LogP contribution in [0, 0.1) is 5.92 Å². The molecule has 3 N–H and O–H groups in total. The molecular formula is C9H15NO3. The average Bonchev–Trinajstić information content (AvgIpc) is 2.04. The highest BCUT2D eigenvalue weighted by molar-refractivity contribution is 5.91. The van der Waals surface area contributed by atoms with Crippen molar-refractivity contribution in [1.82, 2.24) is 0 Å². The van der Waals surface area contributed by atoms with E-state index in [0.29, 0.717) is 12.8 Å². The summed E-state index contributed by atoms with van der Waals surface area (Å²) in [7, 11) is 0. The minimum Gasteiger partial charge on any atom is -0.480 e. The zero-order valence-corrected chi connectivity index (χ0v) is 7.75. The number of carbonyl (C=O) groups excluding carboxylic acids is 1. The molecule has 0 bridgehead atoms. The molecule has 0 heterocycles. The fourth-order valence-electron chi connectivity index (χ4n) is 1.77. The molecule has 1 aliphatic rings. The van der Waals surface area contributed by atoms with Crippen molar-refractivity contribution in [3.63, 3.8) is 0 Å². The summed E-state index contributed by atoms with van der Waals surface area (Å²) in [5, 5.41) is 8.83. The van der Waals surface area contributed by atoms with Crippen LogP contribution in [0.4, 0.5) is 0 Å². The van der Waals surface area contributed by atoms with Crippen molar-refractivity contribution in [2.24, 2.45) is 11.7 Å². The third kappa shape index (κ3) is 1.88. The van der Waals surface area contributed by atoms with Crippen LogP contribution in [0.15, 0.2) is 0 Å². The fourth-order valence-corrected chi connectivity index (χ4v) is 1.77. The SMILES string of the molecule is C[C@](N)(C(=O)O)C1CCCCC1=O. The standard InChI is InChI=1S/C9H15NO3/c1-9(10,8(12)13)6-4-2-3-5-7(6)11/h6H,2-5,10H2,1H3,(H,12,13)/t6?,9-/m1/s1. The third-order valence-corrected chi connectivity index (χ3v) is 2.74. The minimum atomic E-state index is -1.39. The van der Waals surface area contributed by atoms with Gasteiger partial charge in [-0.25, -0.2) is 0 Å². The molecule has 1 saturated carbocycles. The van der Waals surface area contributed by atoms with Gasteiger partial charge in [0.05, 0.1) is 0 Å². The van der Waals surface area contributed by atoms with Gasteiger partial charge >= 0.3 is 5.97 Å². The molecule has 74 valence electrons. The number of hydrogen-bond acceptors (Lipinski definition) is 3. The molecule has 0 amide bonds. The number of hydrogen-bond donors (Lipinski definition) is 2. The average molecular weight is 185 g/mol. The van der Waals surface area contributed by atoms with E-state index in [-0.39, 0.29) is 5.78 Å². The first-order valence-electron chi connectivity index (χ1n) is 4.51. The molecule has 0 aromatic heterocycles. The Hall–Kier alpha value is -0.900. The second-order valence-electron chi connectivity index (χ2n) is 3.85. The summed E-state index contributed by atoms with van der Waals surface area (Å²) in [4.78, 5) is 22.2. The van der Waals surface area contributed by atoms with Gasteiger partial charge in [0, 0.05) is 12.3 Å². The Labute approximate surface area is 77.1 Å².